The maximum atomic E-state index is 11.6. The van der Waals surface area contributed by atoms with Gasteiger partial charge in [-0.1, -0.05) is 19.1 Å². The number of benzene rings is 1. The van der Waals surface area contributed by atoms with E-state index >= 15 is 0 Å². The number of aromatic amines is 1. The molecule has 0 atom stereocenters. The number of fused-ring (bicyclic) bond motifs is 1. The van der Waals surface area contributed by atoms with Gasteiger partial charge in [-0.2, -0.15) is 0 Å². The van der Waals surface area contributed by atoms with E-state index in [0.717, 1.165) is 5.56 Å². The molecule has 2 aromatic rings. The van der Waals surface area contributed by atoms with Gasteiger partial charge in [0, 0.05) is 17.0 Å². The summed E-state index contributed by atoms with van der Waals surface area (Å²) < 4.78 is 0. The van der Waals surface area contributed by atoms with Crippen molar-refractivity contribution in [1.29, 1.82) is 0 Å². The van der Waals surface area contributed by atoms with Gasteiger partial charge in [0.2, 0.25) is 0 Å². The highest BCUT2D eigenvalue weighted by Gasteiger charge is 2.13. The SMILES string of the molecule is CCc1cccc2c(=O)[nH]cc(C(=O)O)c12. The number of carboxylic acids is 1. The second kappa shape index (κ2) is 3.81. The summed E-state index contributed by atoms with van der Waals surface area (Å²) in [6.07, 6.45) is 1.95. The van der Waals surface area contributed by atoms with Crippen LogP contribution in [0.2, 0.25) is 0 Å². The number of carbonyl (C=O) groups is 1. The van der Waals surface area contributed by atoms with E-state index in [1.165, 1.54) is 6.20 Å². The molecule has 1 aromatic heterocycles. The Bertz CT molecular complexity index is 613. The van der Waals surface area contributed by atoms with E-state index in [1.807, 2.05) is 13.0 Å². The summed E-state index contributed by atoms with van der Waals surface area (Å²) in [4.78, 5) is 25.1. The summed E-state index contributed by atoms with van der Waals surface area (Å²) >= 11 is 0. The first kappa shape index (κ1) is 10.4. The zero-order valence-electron chi connectivity index (χ0n) is 8.78. The van der Waals surface area contributed by atoms with Gasteiger partial charge in [-0.25, -0.2) is 4.79 Å². The number of rotatable bonds is 2. The standard InChI is InChI=1S/C12H11NO3/c1-2-7-4-3-5-8-10(7)9(12(15)16)6-13-11(8)14/h3-6H,2H2,1H3,(H,13,14)(H,15,16). The van der Waals surface area contributed by atoms with Gasteiger partial charge in [-0.15, -0.1) is 0 Å². The average molecular weight is 217 g/mol. The van der Waals surface area contributed by atoms with Crippen molar-refractivity contribution < 1.29 is 9.90 Å². The molecule has 4 heteroatoms. The lowest BCUT2D eigenvalue weighted by atomic mass is 10.00. The lowest BCUT2D eigenvalue weighted by Gasteiger charge is -2.06. The predicted octanol–water partition coefficient (Wildman–Crippen LogP) is 1.79. The Morgan fingerprint density at radius 1 is 1.44 bits per heavy atom. The van der Waals surface area contributed by atoms with E-state index in [9.17, 15) is 9.59 Å². The van der Waals surface area contributed by atoms with Crippen LogP contribution in [0.15, 0.2) is 29.2 Å². The van der Waals surface area contributed by atoms with Gasteiger partial charge < -0.3 is 10.1 Å². The molecule has 0 saturated carbocycles. The Hall–Kier alpha value is -2.10. The lowest BCUT2D eigenvalue weighted by Crippen LogP contribution is -2.11. The molecule has 0 radical (unpaired) electrons. The highest BCUT2D eigenvalue weighted by Crippen LogP contribution is 2.20. The van der Waals surface area contributed by atoms with Crippen molar-refractivity contribution >= 4 is 16.7 Å². The Morgan fingerprint density at radius 3 is 2.81 bits per heavy atom. The maximum absolute atomic E-state index is 11.6. The molecule has 0 spiro atoms. The molecular weight excluding hydrogens is 206 g/mol. The van der Waals surface area contributed by atoms with Crippen molar-refractivity contribution in [3.8, 4) is 0 Å². The summed E-state index contributed by atoms with van der Waals surface area (Å²) in [6.45, 7) is 1.93. The van der Waals surface area contributed by atoms with E-state index in [0.29, 0.717) is 17.2 Å². The van der Waals surface area contributed by atoms with E-state index in [-0.39, 0.29) is 11.1 Å². The molecule has 4 nitrogen and oxygen atoms in total. The molecule has 0 aliphatic rings. The van der Waals surface area contributed by atoms with Gasteiger partial charge in [0.25, 0.3) is 5.56 Å². The third kappa shape index (κ3) is 1.48. The molecule has 82 valence electrons. The fourth-order valence-electron chi connectivity index (χ4n) is 1.86. The Kier molecular flexibility index (Phi) is 2.48. The van der Waals surface area contributed by atoms with Crippen LogP contribution in [-0.2, 0) is 6.42 Å². The van der Waals surface area contributed by atoms with Crippen LogP contribution in [0.25, 0.3) is 10.8 Å². The highest BCUT2D eigenvalue weighted by molar-refractivity contribution is 6.04. The molecule has 0 aliphatic carbocycles. The molecule has 0 fully saturated rings. The first-order valence-corrected chi connectivity index (χ1v) is 5.01. The van der Waals surface area contributed by atoms with Crippen molar-refractivity contribution in [2.45, 2.75) is 13.3 Å². The summed E-state index contributed by atoms with van der Waals surface area (Å²) in [7, 11) is 0. The molecule has 0 amide bonds. The second-order valence-corrected chi connectivity index (χ2v) is 3.53. The monoisotopic (exact) mass is 217 g/mol. The molecule has 1 heterocycles. The van der Waals surface area contributed by atoms with Crippen LogP contribution in [0.4, 0.5) is 0 Å². The lowest BCUT2D eigenvalue weighted by molar-refractivity contribution is 0.0698. The van der Waals surface area contributed by atoms with Gasteiger partial charge in [0.1, 0.15) is 0 Å². The number of hydrogen-bond acceptors (Lipinski definition) is 2. The number of nitrogens with one attached hydrogen (secondary N) is 1. The summed E-state index contributed by atoms with van der Waals surface area (Å²) in [5, 5.41) is 10.0. The number of aromatic nitrogens is 1. The van der Waals surface area contributed by atoms with Crippen LogP contribution in [0.3, 0.4) is 0 Å². The Balaban J connectivity index is 2.99. The fraction of sp³-hybridized carbons (Fsp3) is 0.167. The molecule has 0 aliphatic heterocycles. The zero-order valence-corrected chi connectivity index (χ0v) is 8.78. The van der Waals surface area contributed by atoms with Gasteiger partial charge >= 0.3 is 5.97 Å². The molecule has 1 aromatic carbocycles. The highest BCUT2D eigenvalue weighted by atomic mass is 16.4. The van der Waals surface area contributed by atoms with Crippen molar-refractivity contribution in [3.05, 3.63) is 45.9 Å². The van der Waals surface area contributed by atoms with Crippen LogP contribution in [0.5, 0.6) is 0 Å². The number of H-pyrrole nitrogens is 1. The molecule has 0 saturated heterocycles. The largest absolute Gasteiger partial charge is 0.478 e. The minimum atomic E-state index is -1.03. The van der Waals surface area contributed by atoms with Crippen LogP contribution >= 0.6 is 0 Å². The smallest absolute Gasteiger partial charge is 0.337 e. The van der Waals surface area contributed by atoms with E-state index in [2.05, 4.69) is 4.98 Å². The predicted molar refractivity (Wildman–Crippen MR) is 60.9 cm³/mol. The molecule has 2 N–H and O–H groups in total. The quantitative estimate of drug-likeness (QED) is 0.805. The molecule has 16 heavy (non-hydrogen) atoms. The normalized spacial score (nSPS) is 10.6. The van der Waals surface area contributed by atoms with E-state index in [1.54, 1.807) is 12.1 Å². The first-order chi connectivity index (χ1) is 7.65. The molecular formula is C12H11NO3. The number of carboxylic acid groups (broad SMARTS) is 1. The topological polar surface area (TPSA) is 70.2 Å². The van der Waals surface area contributed by atoms with Crippen molar-refractivity contribution in [2.75, 3.05) is 0 Å². The van der Waals surface area contributed by atoms with E-state index < -0.39 is 5.97 Å². The third-order valence-electron chi connectivity index (χ3n) is 2.62. The second-order valence-electron chi connectivity index (χ2n) is 3.53. The summed E-state index contributed by atoms with van der Waals surface area (Å²) in [6, 6.07) is 5.25. The van der Waals surface area contributed by atoms with E-state index in [4.69, 9.17) is 5.11 Å². The van der Waals surface area contributed by atoms with Crippen molar-refractivity contribution in [2.24, 2.45) is 0 Å². The van der Waals surface area contributed by atoms with Crippen LogP contribution < -0.4 is 5.56 Å². The number of aryl methyl sites for hydroxylation is 1. The first-order valence-electron chi connectivity index (χ1n) is 5.01. The van der Waals surface area contributed by atoms with Gasteiger partial charge in [-0.3, -0.25) is 4.79 Å². The van der Waals surface area contributed by atoms with Gasteiger partial charge in [0.05, 0.1) is 5.56 Å². The summed E-state index contributed by atoms with van der Waals surface area (Å²) in [5.41, 5.74) is 0.767. The minimum absolute atomic E-state index is 0.145. The van der Waals surface area contributed by atoms with Gasteiger partial charge in [-0.05, 0) is 18.1 Å². The number of hydrogen-bond donors (Lipinski definition) is 2. The number of pyridine rings is 1. The van der Waals surface area contributed by atoms with Crippen LogP contribution in [0, 0.1) is 0 Å². The van der Waals surface area contributed by atoms with Crippen molar-refractivity contribution in [1.82, 2.24) is 4.98 Å². The van der Waals surface area contributed by atoms with Crippen LogP contribution in [-0.4, -0.2) is 16.1 Å². The minimum Gasteiger partial charge on any atom is -0.478 e. The molecule has 2 rings (SSSR count). The zero-order chi connectivity index (χ0) is 11.7. The van der Waals surface area contributed by atoms with Gasteiger partial charge in [0.15, 0.2) is 0 Å². The Morgan fingerprint density at radius 2 is 2.19 bits per heavy atom. The average Bonchev–Trinajstić information content (AvgIpc) is 2.28. The fourth-order valence-corrected chi connectivity index (χ4v) is 1.86. The number of aromatic carboxylic acids is 1. The molecule has 0 bridgehead atoms. The Labute approximate surface area is 91.5 Å². The van der Waals surface area contributed by atoms with Crippen LogP contribution in [0.1, 0.15) is 22.8 Å². The summed E-state index contributed by atoms with van der Waals surface area (Å²) in [5.74, 6) is -1.03. The molecule has 0 unspecified atom stereocenters. The third-order valence-corrected chi connectivity index (χ3v) is 2.62. The van der Waals surface area contributed by atoms with Crippen molar-refractivity contribution in [3.63, 3.8) is 0 Å². The maximum Gasteiger partial charge on any atom is 0.337 e.